The molecule has 2 fully saturated rings. The lowest BCUT2D eigenvalue weighted by atomic mass is 9.94. The Bertz CT molecular complexity index is 812. The first-order valence-electron chi connectivity index (χ1n) is 9.35. The van der Waals surface area contributed by atoms with Crippen molar-refractivity contribution >= 4 is 27.7 Å². The highest BCUT2D eigenvalue weighted by molar-refractivity contribution is 7.91. The number of hydrogen-bond acceptors (Lipinski definition) is 4. The van der Waals surface area contributed by atoms with Crippen molar-refractivity contribution in [2.75, 3.05) is 31.6 Å². The van der Waals surface area contributed by atoms with Crippen molar-refractivity contribution in [2.24, 2.45) is 5.92 Å². The maximum Gasteiger partial charge on any atom is 0.246 e. The molecule has 27 heavy (non-hydrogen) atoms. The largest absolute Gasteiger partial charge is 0.341 e. The van der Waals surface area contributed by atoms with Crippen molar-refractivity contribution < 1.29 is 18.0 Å². The molecule has 6 nitrogen and oxygen atoms in total. The second kappa shape index (κ2) is 8.25. The molecule has 0 N–H and O–H groups in total. The summed E-state index contributed by atoms with van der Waals surface area (Å²) in [6.45, 7) is 1.09. The summed E-state index contributed by atoms with van der Waals surface area (Å²) in [7, 11) is -1.31. The summed E-state index contributed by atoms with van der Waals surface area (Å²) in [6, 6.07) is 9.44. The fourth-order valence-corrected chi connectivity index (χ4v) is 5.51. The van der Waals surface area contributed by atoms with Crippen molar-refractivity contribution in [3.8, 4) is 0 Å². The number of piperidine rings is 1. The number of hydrogen-bond donors (Lipinski definition) is 0. The predicted molar refractivity (Wildman–Crippen MR) is 105 cm³/mol. The molecule has 1 atom stereocenters. The molecule has 0 bridgehead atoms. The van der Waals surface area contributed by atoms with Crippen molar-refractivity contribution in [2.45, 2.75) is 25.3 Å². The third-order valence-corrected chi connectivity index (χ3v) is 7.23. The molecule has 1 unspecified atom stereocenters. The van der Waals surface area contributed by atoms with Crippen LogP contribution in [0, 0.1) is 5.92 Å². The van der Waals surface area contributed by atoms with Crippen LogP contribution in [0.15, 0.2) is 36.4 Å². The van der Waals surface area contributed by atoms with Crippen molar-refractivity contribution in [3.05, 3.63) is 42.0 Å². The second-order valence-electron chi connectivity index (χ2n) is 7.35. The van der Waals surface area contributed by atoms with Gasteiger partial charge in [-0.25, -0.2) is 8.42 Å². The molecule has 2 amide bonds. The minimum atomic E-state index is -3.01. The molecule has 0 radical (unpaired) electrons. The van der Waals surface area contributed by atoms with Crippen LogP contribution in [0.4, 0.5) is 0 Å². The van der Waals surface area contributed by atoms with E-state index < -0.39 is 9.84 Å². The van der Waals surface area contributed by atoms with Crippen LogP contribution in [0.2, 0.25) is 0 Å². The van der Waals surface area contributed by atoms with Gasteiger partial charge >= 0.3 is 0 Å². The number of likely N-dealkylation sites (tertiary alicyclic amines) is 1. The molecule has 2 aliphatic heterocycles. The van der Waals surface area contributed by atoms with Crippen LogP contribution in [0.5, 0.6) is 0 Å². The monoisotopic (exact) mass is 390 g/mol. The number of sulfone groups is 1. The van der Waals surface area contributed by atoms with E-state index in [1.807, 2.05) is 30.3 Å². The minimum Gasteiger partial charge on any atom is -0.341 e. The van der Waals surface area contributed by atoms with Gasteiger partial charge in [-0.05, 0) is 30.9 Å². The van der Waals surface area contributed by atoms with E-state index in [-0.39, 0.29) is 35.3 Å². The lowest BCUT2D eigenvalue weighted by Crippen LogP contribution is -2.46. The van der Waals surface area contributed by atoms with E-state index in [4.69, 9.17) is 0 Å². The highest BCUT2D eigenvalue weighted by Crippen LogP contribution is 2.23. The van der Waals surface area contributed by atoms with Crippen molar-refractivity contribution in [3.63, 3.8) is 0 Å². The lowest BCUT2D eigenvalue weighted by molar-refractivity contribution is -0.139. The van der Waals surface area contributed by atoms with Crippen LogP contribution in [0.3, 0.4) is 0 Å². The second-order valence-corrected chi connectivity index (χ2v) is 9.58. The van der Waals surface area contributed by atoms with E-state index in [1.54, 1.807) is 29.0 Å². The Morgan fingerprint density at radius 1 is 1.11 bits per heavy atom. The number of carbonyl (C=O) groups excluding carboxylic acids is 2. The quantitative estimate of drug-likeness (QED) is 0.732. The van der Waals surface area contributed by atoms with Gasteiger partial charge in [-0.2, -0.15) is 0 Å². The number of carbonyl (C=O) groups is 2. The summed E-state index contributed by atoms with van der Waals surface area (Å²) in [5.74, 6) is 0.0526. The Hall–Kier alpha value is -2.15. The Morgan fingerprint density at radius 3 is 2.37 bits per heavy atom. The topological polar surface area (TPSA) is 74.8 Å². The highest BCUT2D eigenvalue weighted by Gasteiger charge is 2.36. The summed E-state index contributed by atoms with van der Waals surface area (Å²) in [5, 5.41) is 0. The molecule has 0 spiro atoms. The maximum atomic E-state index is 12.7. The zero-order valence-corrected chi connectivity index (χ0v) is 16.4. The predicted octanol–water partition coefficient (Wildman–Crippen LogP) is 1.58. The van der Waals surface area contributed by atoms with Crippen LogP contribution >= 0.6 is 0 Å². The normalized spacial score (nSPS) is 22.9. The average Bonchev–Trinajstić information content (AvgIpc) is 3.05. The fraction of sp³-hybridized carbons (Fsp3) is 0.500. The van der Waals surface area contributed by atoms with Gasteiger partial charge in [-0.3, -0.25) is 9.59 Å². The van der Waals surface area contributed by atoms with Gasteiger partial charge in [0.15, 0.2) is 9.84 Å². The van der Waals surface area contributed by atoms with E-state index in [9.17, 15) is 18.0 Å². The first kappa shape index (κ1) is 19.6. The maximum absolute atomic E-state index is 12.7. The molecule has 0 aromatic heterocycles. The van der Waals surface area contributed by atoms with Crippen LogP contribution in [-0.2, 0) is 19.4 Å². The molecule has 7 heteroatoms. The molecule has 1 aromatic rings. The third-order valence-electron chi connectivity index (χ3n) is 5.48. The average molecular weight is 391 g/mol. The standard InChI is InChI=1S/C20H26N2O4S/c1-21(18-11-14-27(25,26)15-18)20(24)17-9-12-22(13-10-17)19(23)8-7-16-5-3-2-4-6-16/h2-8,17-18H,9-15H2,1H3/b8-7+. The van der Waals surface area contributed by atoms with Gasteiger partial charge < -0.3 is 9.80 Å². The first-order chi connectivity index (χ1) is 12.9. The molecular formula is C20H26N2O4S. The first-order valence-corrected chi connectivity index (χ1v) is 11.2. The number of rotatable bonds is 4. The number of nitrogens with zero attached hydrogens (tertiary/aromatic N) is 2. The molecule has 1 aromatic carbocycles. The number of benzene rings is 1. The highest BCUT2D eigenvalue weighted by atomic mass is 32.2. The Kier molecular flexibility index (Phi) is 5.99. The number of amides is 2. The molecule has 3 rings (SSSR count). The van der Waals surface area contributed by atoms with Crippen molar-refractivity contribution in [1.29, 1.82) is 0 Å². The molecule has 2 saturated heterocycles. The molecule has 0 aliphatic carbocycles. The SMILES string of the molecule is CN(C(=O)C1CCN(C(=O)/C=C/c2ccccc2)CC1)C1CCS(=O)(=O)C1. The molecule has 0 saturated carbocycles. The zero-order valence-electron chi connectivity index (χ0n) is 15.6. The molecular weight excluding hydrogens is 364 g/mol. The van der Waals surface area contributed by atoms with E-state index in [0.29, 0.717) is 32.4 Å². The Labute approximate surface area is 160 Å². The Morgan fingerprint density at radius 2 is 1.78 bits per heavy atom. The molecule has 2 heterocycles. The molecule has 146 valence electrons. The van der Waals surface area contributed by atoms with Crippen LogP contribution in [-0.4, -0.2) is 67.7 Å². The van der Waals surface area contributed by atoms with Gasteiger partial charge in [0.25, 0.3) is 0 Å². The summed E-state index contributed by atoms with van der Waals surface area (Å²) < 4.78 is 23.3. The van der Waals surface area contributed by atoms with E-state index in [0.717, 1.165) is 5.56 Å². The smallest absolute Gasteiger partial charge is 0.246 e. The van der Waals surface area contributed by atoms with Gasteiger partial charge in [0.1, 0.15) is 0 Å². The minimum absolute atomic E-state index is 0.00373. The zero-order chi connectivity index (χ0) is 19.4. The van der Waals surface area contributed by atoms with E-state index in [2.05, 4.69) is 0 Å². The van der Waals surface area contributed by atoms with Crippen LogP contribution < -0.4 is 0 Å². The Balaban J connectivity index is 1.50. The summed E-state index contributed by atoms with van der Waals surface area (Å²) >= 11 is 0. The lowest BCUT2D eigenvalue weighted by Gasteiger charge is -2.34. The summed E-state index contributed by atoms with van der Waals surface area (Å²) in [5.41, 5.74) is 0.976. The van der Waals surface area contributed by atoms with Gasteiger partial charge in [-0.15, -0.1) is 0 Å². The van der Waals surface area contributed by atoms with Gasteiger partial charge in [0.05, 0.1) is 11.5 Å². The van der Waals surface area contributed by atoms with Gasteiger partial charge in [0.2, 0.25) is 11.8 Å². The summed E-state index contributed by atoms with van der Waals surface area (Å²) in [6.07, 6.45) is 5.13. The fourth-order valence-electron chi connectivity index (χ4n) is 3.73. The van der Waals surface area contributed by atoms with Gasteiger partial charge in [0, 0.05) is 38.2 Å². The molecule has 2 aliphatic rings. The van der Waals surface area contributed by atoms with Crippen molar-refractivity contribution in [1.82, 2.24) is 9.80 Å². The van der Waals surface area contributed by atoms with Gasteiger partial charge in [-0.1, -0.05) is 30.3 Å². The van der Waals surface area contributed by atoms with Crippen LogP contribution in [0.1, 0.15) is 24.8 Å². The van der Waals surface area contributed by atoms with E-state index >= 15 is 0 Å². The van der Waals surface area contributed by atoms with E-state index in [1.165, 1.54) is 0 Å². The third kappa shape index (κ3) is 4.97. The summed E-state index contributed by atoms with van der Waals surface area (Å²) in [4.78, 5) is 28.4. The van der Waals surface area contributed by atoms with Crippen LogP contribution in [0.25, 0.3) is 6.08 Å².